The van der Waals surface area contributed by atoms with Gasteiger partial charge in [-0.05, 0) is 43.4 Å². The van der Waals surface area contributed by atoms with Gasteiger partial charge in [0.2, 0.25) is 0 Å². The lowest BCUT2D eigenvalue weighted by atomic mass is 9.78. The smallest absolute Gasteiger partial charge is 0.123 e. The summed E-state index contributed by atoms with van der Waals surface area (Å²) < 4.78 is 18.6. The van der Waals surface area contributed by atoms with Crippen LogP contribution in [0.4, 0.5) is 4.39 Å². The van der Waals surface area contributed by atoms with E-state index in [2.05, 4.69) is 0 Å². The first-order valence-corrected chi connectivity index (χ1v) is 5.84. The molecule has 2 nitrogen and oxygen atoms in total. The molecule has 1 aromatic rings. The van der Waals surface area contributed by atoms with Crippen molar-refractivity contribution in [2.24, 2.45) is 5.73 Å². The molecule has 0 radical (unpaired) electrons. The van der Waals surface area contributed by atoms with E-state index in [1.807, 2.05) is 12.1 Å². The van der Waals surface area contributed by atoms with Gasteiger partial charge in [-0.15, -0.1) is 0 Å². The third kappa shape index (κ3) is 1.64. The lowest BCUT2D eigenvalue weighted by molar-refractivity contribution is 0.0856. The van der Waals surface area contributed by atoms with Gasteiger partial charge in [0.1, 0.15) is 5.82 Å². The van der Waals surface area contributed by atoms with Gasteiger partial charge in [0.25, 0.3) is 0 Å². The number of rotatable bonds is 2. The van der Waals surface area contributed by atoms with Gasteiger partial charge >= 0.3 is 0 Å². The second-order valence-electron chi connectivity index (χ2n) is 5.06. The van der Waals surface area contributed by atoms with Crippen molar-refractivity contribution in [3.63, 3.8) is 0 Å². The number of fused-ring (bicyclic) bond motifs is 2. The van der Waals surface area contributed by atoms with E-state index in [1.54, 1.807) is 0 Å². The zero-order chi connectivity index (χ0) is 11.2. The van der Waals surface area contributed by atoms with Gasteiger partial charge in [-0.1, -0.05) is 12.1 Å². The average molecular weight is 221 g/mol. The van der Waals surface area contributed by atoms with Crippen LogP contribution in [0.2, 0.25) is 0 Å². The third-order valence-electron chi connectivity index (χ3n) is 3.80. The monoisotopic (exact) mass is 221 g/mol. The van der Waals surface area contributed by atoms with Crippen LogP contribution >= 0.6 is 0 Å². The molecule has 0 aliphatic carbocycles. The molecule has 0 saturated carbocycles. The fourth-order valence-corrected chi connectivity index (χ4v) is 3.00. The number of hydrogen-bond acceptors (Lipinski definition) is 2. The first-order valence-electron chi connectivity index (χ1n) is 5.84. The molecule has 86 valence electrons. The van der Waals surface area contributed by atoms with E-state index in [9.17, 15) is 4.39 Å². The zero-order valence-corrected chi connectivity index (χ0v) is 9.16. The van der Waals surface area contributed by atoms with Gasteiger partial charge in [-0.3, -0.25) is 0 Å². The van der Waals surface area contributed by atoms with Crippen LogP contribution in [0, 0.1) is 5.82 Å². The Morgan fingerprint density at radius 3 is 2.62 bits per heavy atom. The van der Waals surface area contributed by atoms with Crippen LogP contribution in [0.5, 0.6) is 0 Å². The van der Waals surface area contributed by atoms with Gasteiger partial charge in [0.05, 0.1) is 12.2 Å². The van der Waals surface area contributed by atoms with Gasteiger partial charge in [-0.2, -0.15) is 0 Å². The van der Waals surface area contributed by atoms with E-state index < -0.39 is 0 Å². The number of halogens is 1. The zero-order valence-electron chi connectivity index (χ0n) is 9.16. The molecule has 2 fully saturated rings. The van der Waals surface area contributed by atoms with Crippen molar-refractivity contribution in [1.82, 2.24) is 0 Å². The molecule has 0 aromatic heterocycles. The van der Waals surface area contributed by atoms with Crippen LogP contribution in [0.15, 0.2) is 24.3 Å². The number of nitrogens with two attached hydrogens (primary N) is 1. The van der Waals surface area contributed by atoms with Crippen molar-refractivity contribution in [2.75, 3.05) is 0 Å². The van der Waals surface area contributed by atoms with Crippen molar-refractivity contribution in [3.8, 4) is 0 Å². The highest BCUT2D eigenvalue weighted by Gasteiger charge is 2.49. The second kappa shape index (κ2) is 3.54. The highest BCUT2D eigenvalue weighted by atomic mass is 19.1. The lowest BCUT2D eigenvalue weighted by Gasteiger charge is -2.31. The van der Waals surface area contributed by atoms with Crippen molar-refractivity contribution >= 4 is 0 Å². The molecule has 2 aliphatic heterocycles. The first kappa shape index (κ1) is 10.2. The molecule has 3 atom stereocenters. The summed E-state index contributed by atoms with van der Waals surface area (Å²) in [4.78, 5) is 0. The lowest BCUT2D eigenvalue weighted by Crippen LogP contribution is -2.50. The fourth-order valence-electron chi connectivity index (χ4n) is 3.00. The molecule has 0 spiro atoms. The SMILES string of the molecule is NC1(Cc2ccc(F)cc2)CC2CCC1O2. The Hall–Kier alpha value is -0.930. The maximum atomic E-state index is 12.8. The largest absolute Gasteiger partial charge is 0.373 e. The summed E-state index contributed by atoms with van der Waals surface area (Å²) >= 11 is 0. The Labute approximate surface area is 94.6 Å². The summed E-state index contributed by atoms with van der Waals surface area (Å²) in [5.74, 6) is -0.195. The Bertz CT molecular complexity index is 391. The standard InChI is InChI=1S/C13H16FNO/c14-10-3-1-9(2-4-10)7-13(15)8-11-5-6-12(13)16-11/h1-4,11-12H,5-8,15H2. The topological polar surface area (TPSA) is 35.2 Å². The van der Waals surface area contributed by atoms with Crippen molar-refractivity contribution in [1.29, 1.82) is 0 Å². The van der Waals surface area contributed by atoms with E-state index in [1.165, 1.54) is 12.1 Å². The molecule has 3 rings (SSSR count). The molecule has 1 aromatic carbocycles. The molecule has 2 bridgehead atoms. The van der Waals surface area contributed by atoms with Gasteiger partial charge in [-0.25, -0.2) is 4.39 Å². The van der Waals surface area contributed by atoms with Crippen molar-refractivity contribution < 1.29 is 9.13 Å². The maximum Gasteiger partial charge on any atom is 0.123 e. The molecule has 2 aliphatic rings. The quantitative estimate of drug-likeness (QED) is 0.829. The fraction of sp³-hybridized carbons (Fsp3) is 0.538. The molecular formula is C13H16FNO. The average Bonchev–Trinajstić information content (AvgIpc) is 2.81. The number of ether oxygens (including phenoxy) is 1. The van der Waals surface area contributed by atoms with Crippen LogP contribution < -0.4 is 5.73 Å². The Balaban J connectivity index is 1.77. The Morgan fingerprint density at radius 2 is 2.06 bits per heavy atom. The predicted octanol–water partition coefficient (Wildman–Crippen LogP) is 2.02. The van der Waals surface area contributed by atoms with E-state index in [0.717, 1.165) is 31.2 Å². The number of benzene rings is 1. The normalized spacial score (nSPS) is 36.9. The van der Waals surface area contributed by atoms with Crippen LogP contribution in [0.3, 0.4) is 0 Å². The van der Waals surface area contributed by atoms with Crippen molar-refractivity contribution in [3.05, 3.63) is 35.6 Å². The summed E-state index contributed by atoms with van der Waals surface area (Å²) in [5, 5.41) is 0. The summed E-state index contributed by atoms with van der Waals surface area (Å²) in [5.41, 5.74) is 7.26. The third-order valence-corrected chi connectivity index (χ3v) is 3.80. The molecule has 3 unspecified atom stereocenters. The van der Waals surface area contributed by atoms with Crippen LogP contribution in [0.25, 0.3) is 0 Å². The molecule has 2 N–H and O–H groups in total. The highest BCUT2D eigenvalue weighted by Crippen LogP contribution is 2.41. The van der Waals surface area contributed by atoms with E-state index >= 15 is 0 Å². The second-order valence-corrected chi connectivity index (χ2v) is 5.06. The molecule has 3 heteroatoms. The Kier molecular flexibility index (Phi) is 2.26. The maximum absolute atomic E-state index is 12.8. The minimum absolute atomic E-state index is 0.195. The summed E-state index contributed by atoms with van der Waals surface area (Å²) in [6.07, 6.45) is 4.50. The highest BCUT2D eigenvalue weighted by molar-refractivity contribution is 5.21. The summed E-state index contributed by atoms with van der Waals surface area (Å²) in [7, 11) is 0. The predicted molar refractivity (Wildman–Crippen MR) is 59.5 cm³/mol. The summed E-state index contributed by atoms with van der Waals surface area (Å²) in [6, 6.07) is 6.62. The van der Waals surface area contributed by atoms with Gasteiger partial charge < -0.3 is 10.5 Å². The van der Waals surface area contributed by atoms with E-state index in [0.29, 0.717) is 6.10 Å². The molecule has 2 saturated heterocycles. The van der Waals surface area contributed by atoms with Gasteiger partial charge in [0, 0.05) is 5.54 Å². The Morgan fingerprint density at radius 1 is 1.31 bits per heavy atom. The first-order chi connectivity index (χ1) is 7.66. The minimum Gasteiger partial charge on any atom is -0.373 e. The minimum atomic E-state index is -0.235. The number of hydrogen-bond donors (Lipinski definition) is 1. The molecular weight excluding hydrogens is 205 g/mol. The van der Waals surface area contributed by atoms with Gasteiger partial charge in [0.15, 0.2) is 0 Å². The van der Waals surface area contributed by atoms with Crippen LogP contribution in [-0.4, -0.2) is 17.7 Å². The van der Waals surface area contributed by atoms with Crippen LogP contribution in [0.1, 0.15) is 24.8 Å². The molecule has 0 amide bonds. The molecule has 16 heavy (non-hydrogen) atoms. The van der Waals surface area contributed by atoms with E-state index in [4.69, 9.17) is 10.5 Å². The molecule has 2 heterocycles. The van der Waals surface area contributed by atoms with Crippen LogP contribution in [-0.2, 0) is 11.2 Å². The van der Waals surface area contributed by atoms with Crippen molar-refractivity contribution in [2.45, 2.75) is 43.4 Å². The summed E-state index contributed by atoms with van der Waals surface area (Å²) in [6.45, 7) is 0. The van der Waals surface area contributed by atoms with E-state index in [-0.39, 0.29) is 17.5 Å².